The second kappa shape index (κ2) is 5.48. The number of anilines is 2. The van der Waals surface area contributed by atoms with E-state index in [0.717, 1.165) is 0 Å². The highest BCUT2D eigenvalue weighted by atomic mass is 35.5. The second-order valence-corrected chi connectivity index (χ2v) is 4.66. The average Bonchev–Trinajstić information content (AvgIpc) is 2.34. The summed E-state index contributed by atoms with van der Waals surface area (Å²) >= 11 is 16.8. The molecule has 0 unspecified atom stereocenters. The number of nitrogens with one attached hydrogen (secondary N) is 1. The molecule has 2 aromatic rings. The molecule has 0 fully saturated rings. The summed E-state index contributed by atoms with van der Waals surface area (Å²) in [6, 6.07) is 6.69. The number of nitrogens with zero attached hydrogens (tertiary/aromatic N) is 2. The van der Waals surface area contributed by atoms with Gasteiger partial charge in [0.1, 0.15) is 10.7 Å². The molecule has 0 amide bonds. The summed E-state index contributed by atoms with van der Waals surface area (Å²) in [5, 5.41) is 4.03. The van der Waals surface area contributed by atoms with Gasteiger partial charge in [-0.05, 0) is 24.3 Å². The number of nitrogens with two attached hydrogens (primary N) is 1. The molecule has 0 spiro atoms. The molecule has 3 N–H and O–H groups in total. The lowest BCUT2D eigenvalue weighted by atomic mass is 10.3. The zero-order chi connectivity index (χ0) is 13.1. The van der Waals surface area contributed by atoms with Crippen molar-refractivity contribution in [2.24, 2.45) is 5.73 Å². The molecule has 0 radical (unpaired) electrons. The molecule has 1 heterocycles. The van der Waals surface area contributed by atoms with Gasteiger partial charge >= 0.3 is 0 Å². The Bertz CT molecular complexity index is 603. The molecule has 1 aromatic heterocycles. The first-order valence-corrected chi connectivity index (χ1v) is 6.07. The fraction of sp³-hybridized carbons (Fsp3) is 0. The van der Waals surface area contributed by atoms with Crippen LogP contribution in [0.1, 0.15) is 5.69 Å². The van der Waals surface area contributed by atoms with E-state index in [1.54, 1.807) is 30.5 Å². The molecule has 0 aliphatic carbocycles. The van der Waals surface area contributed by atoms with Crippen LogP contribution in [0, 0.1) is 0 Å². The Hall–Kier alpha value is -1.43. The maximum Gasteiger partial charge on any atom is 0.227 e. The largest absolute Gasteiger partial charge is 0.388 e. The number of halogens is 2. The molecule has 18 heavy (non-hydrogen) atoms. The minimum absolute atomic E-state index is 0.206. The van der Waals surface area contributed by atoms with Gasteiger partial charge in [-0.3, -0.25) is 0 Å². The highest BCUT2D eigenvalue weighted by Crippen LogP contribution is 2.27. The number of benzene rings is 1. The molecule has 4 nitrogen and oxygen atoms in total. The summed E-state index contributed by atoms with van der Waals surface area (Å²) in [5.41, 5.74) is 6.60. The summed E-state index contributed by atoms with van der Waals surface area (Å²) in [5.74, 6) is 0.351. The first-order chi connectivity index (χ1) is 8.56. The van der Waals surface area contributed by atoms with E-state index in [0.29, 0.717) is 27.4 Å². The second-order valence-electron chi connectivity index (χ2n) is 3.38. The quantitative estimate of drug-likeness (QED) is 0.852. The maximum absolute atomic E-state index is 6.02. The maximum atomic E-state index is 6.02. The van der Waals surface area contributed by atoms with Crippen molar-refractivity contribution in [3.8, 4) is 0 Å². The van der Waals surface area contributed by atoms with Crippen molar-refractivity contribution in [3.63, 3.8) is 0 Å². The molecule has 0 bridgehead atoms. The number of hydrogen-bond acceptors (Lipinski definition) is 4. The Morgan fingerprint density at radius 1 is 1.28 bits per heavy atom. The van der Waals surface area contributed by atoms with E-state index in [1.807, 2.05) is 0 Å². The Labute approximate surface area is 119 Å². The molecule has 1 aromatic carbocycles. The smallest absolute Gasteiger partial charge is 0.227 e. The van der Waals surface area contributed by atoms with Crippen molar-refractivity contribution in [1.82, 2.24) is 9.97 Å². The highest BCUT2D eigenvalue weighted by molar-refractivity contribution is 7.80. The predicted octanol–water partition coefficient (Wildman–Crippen LogP) is 3.16. The number of hydrogen-bond donors (Lipinski definition) is 2. The predicted molar refractivity (Wildman–Crippen MR) is 77.7 cm³/mol. The SMILES string of the molecule is NC(=S)c1ccnc(Nc2cc(Cl)ccc2Cl)n1. The van der Waals surface area contributed by atoms with Crippen molar-refractivity contribution in [2.45, 2.75) is 0 Å². The van der Waals surface area contributed by atoms with E-state index in [1.165, 1.54) is 0 Å². The summed E-state index contributed by atoms with van der Waals surface area (Å²) in [6.07, 6.45) is 1.56. The Kier molecular flexibility index (Phi) is 3.96. The first kappa shape index (κ1) is 13.0. The fourth-order valence-corrected chi connectivity index (χ4v) is 1.72. The van der Waals surface area contributed by atoms with Crippen LogP contribution in [0.2, 0.25) is 10.0 Å². The lowest BCUT2D eigenvalue weighted by Crippen LogP contribution is -2.12. The monoisotopic (exact) mass is 298 g/mol. The van der Waals surface area contributed by atoms with Crippen LogP contribution in [0.5, 0.6) is 0 Å². The Morgan fingerprint density at radius 3 is 2.78 bits per heavy atom. The minimum Gasteiger partial charge on any atom is -0.388 e. The zero-order valence-corrected chi connectivity index (χ0v) is 11.4. The van der Waals surface area contributed by atoms with Gasteiger partial charge < -0.3 is 11.1 Å². The van der Waals surface area contributed by atoms with Crippen molar-refractivity contribution < 1.29 is 0 Å². The summed E-state index contributed by atoms with van der Waals surface area (Å²) < 4.78 is 0. The van der Waals surface area contributed by atoms with Gasteiger partial charge in [-0.25, -0.2) is 9.97 Å². The normalized spacial score (nSPS) is 10.1. The van der Waals surface area contributed by atoms with Crippen LogP contribution < -0.4 is 11.1 Å². The standard InChI is InChI=1S/C11H8Cl2N4S/c12-6-1-2-7(13)9(5-6)17-11-15-4-3-8(16-11)10(14)18/h1-5H,(H2,14,18)(H,15,16,17). The van der Waals surface area contributed by atoms with Crippen LogP contribution in [0.25, 0.3) is 0 Å². The average molecular weight is 299 g/mol. The van der Waals surface area contributed by atoms with Crippen LogP contribution in [-0.4, -0.2) is 15.0 Å². The molecule has 0 aliphatic rings. The van der Waals surface area contributed by atoms with E-state index in [9.17, 15) is 0 Å². The summed E-state index contributed by atoms with van der Waals surface area (Å²) in [6.45, 7) is 0. The van der Waals surface area contributed by atoms with Gasteiger partial charge in [-0.15, -0.1) is 0 Å². The summed E-state index contributed by atoms with van der Waals surface area (Å²) in [4.78, 5) is 8.40. The summed E-state index contributed by atoms with van der Waals surface area (Å²) in [7, 11) is 0. The molecule has 2 rings (SSSR count). The zero-order valence-electron chi connectivity index (χ0n) is 9.02. The van der Waals surface area contributed by atoms with Crippen molar-refractivity contribution >= 4 is 52.0 Å². The van der Waals surface area contributed by atoms with E-state index in [-0.39, 0.29) is 4.99 Å². The van der Waals surface area contributed by atoms with Gasteiger partial charge in [-0.2, -0.15) is 0 Å². The van der Waals surface area contributed by atoms with E-state index >= 15 is 0 Å². The number of rotatable bonds is 3. The van der Waals surface area contributed by atoms with Crippen molar-refractivity contribution in [2.75, 3.05) is 5.32 Å². The van der Waals surface area contributed by atoms with Crippen LogP contribution in [-0.2, 0) is 0 Å². The van der Waals surface area contributed by atoms with E-state index in [2.05, 4.69) is 15.3 Å². The molecular weight excluding hydrogens is 291 g/mol. The van der Waals surface area contributed by atoms with Crippen LogP contribution in [0.4, 0.5) is 11.6 Å². The third-order valence-electron chi connectivity index (χ3n) is 2.08. The molecule has 7 heteroatoms. The van der Waals surface area contributed by atoms with Crippen LogP contribution >= 0.6 is 35.4 Å². The van der Waals surface area contributed by atoms with E-state index < -0.39 is 0 Å². The molecule has 0 aliphatic heterocycles. The minimum atomic E-state index is 0.206. The molecule has 92 valence electrons. The Balaban J connectivity index is 2.31. The molecule has 0 atom stereocenters. The lowest BCUT2D eigenvalue weighted by Gasteiger charge is -2.07. The third kappa shape index (κ3) is 3.07. The Morgan fingerprint density at radius 2 is 2.06 bits per heavy atom. The van der Waals surface area contributed by atoms with Crippen molar-refractivity contribution in [3.05, 3.63) is 46.2 Å². The van der Waals surface area contributed by atoms with Gasteiger partial charge in [0, 0.05) is 11.2 Å². The number of thiocarbonyl (C=S) groups is 1. The fourth-order valence-electron chi connectivity index (χ4n) is 1.27. The van der Waals surface area contributed by atoms with Gasteiger partial charge in [-0.1, -0.05) is 35.4 Å². The van der Waals surface area contributed by atoms with Crippen molar-refractivity contribution in [1.29, 1.82) is 0 Å². The van der Waals surface area contributed by atoms with Gasteiger partial charge in [0.15, 0.2) is 0 Å². The highest BCUT2D eigenvalue weighted by Gasteiger charge is 2.05. The lowest BCUT2D eigenvalue weighted by molar-refractivity contribution is 1.15. The van der Waals surface area contributed by atoms with Crippen LogP contribution in [0.3, 0.4) is 0 Å². The first-order valence-electron chi connectivity index (χ1n) is 4.91. The third-order valence-corrected chi connectivity index (χ3v) is 2.86. The number of aromatic nitrogens is 2. The van der Waals surface area contributed by atoms with E-state index in [4.69, 9.17) is 41.2 Å². The molecular formula is C11H8Cl2N4S. The molecule has 0 saturated heterocycles. The van der Waals surface area contributed by atoms with Gasteiger partial charge in [0.2, 0.25) is 5.95 Å². The topological polar surface area (TPSA) is 63.8 Å². The van der Waals surface area contributed by atoms with Crippen LogP contribution in [0.15, 0.2) is 30.5 Å². The molecule has 0 saturated carbocycles. The van der Waals surface area contributed by atoms with Gasteiger partial charge in [0.25, 0.3) is 0 Å². The van der Waals surface area contributed by atoms with Gasteiger partial charge in [0.05, 0.1) is 10.7 Å².